The molecule has 114 valence electrons. The maximum absolute atomic E-state index is 12.4. The lowest BCUT2D eigenvalue weighted by molar-refractivity contribution is -0.137. The van der Waals surface area contributed by atoms with Crippen LogP contribution in [0.1, 0.15) is 5.56 Å². The van der Waals surface area contributed by atoms with Crippen molar-refractivity contribution in [3.63, 3.8) is 0 Å². The number of allylic oxidation sites excluding steroid dienone is 1. The van der Waals surface area contributed by atoms with Crippen LogP contribution in [0.25, 0.3) is 0 Å². The van der Waals surface area contributed by atoms with Gasteiger partial charge < -0.3 is 5.11 Å². The summed E-state index contributed by atoms with van der Waals surface area (Å²) >= 11 is 16.4. The Morgan fingerprint density at radius 2 is 2.05 bits per heavy atom. The molecule has 1 rings (SSSR count). The number of pyridine rings is 1. The Morgan fingerprint density at radius 1 is 1.43 bits per heavy atom. The molecule has 0 fully saturated rings. The van der Waals surface area contributed by atoms with Crippen LogP contribution in [0.3, 0.4) is 0 Å². The molecule has 21 heavy (non-hydrogen) atoms. The molecule has 5 nitrogen and oxygen atoms in total. The number of nitrogens with one attached hydrogen (secondary N) is 1. The van der Waals surface area contributed by atoms with Crippen molar-refractivity contribution >= 4 is 52.8 Å². The highest BCUT2D eigenvalue weighted by molar-refractivity contribution is 6.51. The van der Waals surface area contributed by atoms with Crippen molar-refractivity contribution in [1.82, 2.24) is 4.98 Å². The number of alkyl halides is 3. The van der Waals surface area contributed by atoms with Gasteiger partial charge in [-0.2, -0.15) is 18.3 Å². The lowest BCUT2D eigenvalue weighted by Gasteiger charge is -2.08. The number of halogens is 6. The highest BCUT2D eigenvalue weighted by atomic mass is 35.5. The third-order valence-electron chi connectivity index (χ3n) is 1.91. The van der Waals surface area contributed by atoms with Crippen LogP contribution in [0.2, 0.25) is 5.02 Å². The summed E-state index contributed by atoms with van der Waals surface area (Å²) in [5, 5.41) is 10.6. The molecule has 1 heterocycles. The Hall–Kier alpha value is -1.51. The van der Waals surface area contributed by atoms with E-state index in [1.165, 1.54) is 0 Å². The van der Waals surface area contributed by atoms with Gasteiger partial charge in [0.2, 0.25) is 0 Å². The zero-order chi connectivity index (χ0) is 16.2. The highest BCUT2D eigenvalue weighted by Gasteiger charge is 2.31. The summed E-state index contributed by atoms with van der Waals surface area (Å²) in [4.78, 5) is 13.9. The maximum atomic E-state index is 12.4. The monoisotopic (exact) mass is 361 g/mol. The van der Waals surface area contributed by atoms with E-state index in [1.54, 1.807) is 0 Å². The topological polar surface area (TPSA) is 74.6 Å². The van der Waals surface area contributed by atoms with E-state index in [-0.39, 0.29) is 15.9 Å². The number of hydrogen-bond acceptors (Lipinski definition) is 4. The number of carbonyl (C=O) groups is 1. The smallest absolute Gasteiger partial charge is 0.417 e. The average Bonchev–Trinajstić information content (AvgIpc) is 2.38. The first-order valence-corrected chi connectivity index (χ1v) is 6.06. The van der Waals surface area contributed by atoms with E-state index in [4.69, 9.17) is 39.9 Å². The van der Waals surface area contributed by atoms with Crippen molar-refractivity contribution in [2.75, 3.05) is 5.43 Å². The number of hydrazone groups is 1. The number of carboxylic acid groups (broad SMARTS) is 1. The Balaban J connectivity index is 2.87. The summed E-state index contributed by atoms with van der Waals surface area (Å²) < 4.78 is 37.1. The van der Waals surface area contributed by atoms with Crippen LogP contribution in [0.5, 0.6) is 0 Å². The fraction of sp³-hybridized carbons (Fsp3) is 0.100. The minimum absolute atomic E-state index is 0.170. The first-order chi connectivity index (χ1) is 9.62. The van der Waals surface area contributed by atoms with Gasteiger partial charge in [-0.05, 0) is 6.07 Å². The van der Waals surface area contributed by atoms with Crippen LogP contribution in [0.4, 0.5) is 19.0 Å². The predicted molar refractivity (Wildman–Crippen MR) is 72.7 cm³/mol. The molecule has 0 aliphatic heterocycles. The molecular formula is C10H5Cl3F3N3O2. The predicted octanol–water partition coefficient (Wildman–Crippen LogP) is 3.93. The molecule has 2 N–H and O–H groups in total. The van der Waals surface area contributed by atoms with Gasteiger partial charge in [0, 0.05) is 6.20 Å². The molecule has 0 saturated heterocycles. The van der Waals surface area contributed by atoms with Crippen molar-refractivity contribution in [3.05, 3.63) is 32.9 Å². The molecule has 11 heteroatoms. The molecule has 0 amide bonds. The fourth-order valence-corrected chi connectivity index (χ4v) is 1.37. The van der Waals surface area contributed by atoms with E-state index in [9.17, 15) is 18.0 Å². The lowest BCUT2D eigenvalue weighted by atomic mass is 10.3. The first kappa shape index (κ1) is 17.5. The number of anilines is 1. The second-order valence-corrected chi connectivity index (χ2v) is 4.58. The van der Waals surface area contributed by atoms with Crippen LogP contribution in [0, 0.1) is 0 Å². The van der Waals surface area contributed by atoms with Gasteiger partial charge in [0.15, 0.2) is 5.82 Å². The van der Waals surface area contributed by atoms with Crippen LogP contribution in [-0.2, 0) is 11.0 Å². The van der Waals surface area contributed by atoms with Crippen LogP contribution < -0.4 is 5.43 Å². The largest absolute Gasteiger partial charge is 0.477 e. The molecule has 0 bridgehead atoms. The van der Waals surface area contributed by atoms with Gasteiger partial charge >= 0.3 is 12.1 Å². The minimum atomic E-state index is -4.57. The fourth-order valence-electron chi connectivity index (χ4n) is 0.984. The van der Waals surface area contributed by atoms with E-state index in [1.807, 2.05) is 0 Å². The van der Waals surface area contributed by atoms with E-state index < -0.39 is 22.7 Å². The van der Waals surface area contributed by atoms with Crippen molar-refractivity contribution < 1.29 is 23.1 Å². The van der Waals surface area contributed by atoms with Gasteiger partial charge in [-0.15, -0.1) is 0 Å². The third-order valence-corrected chi connectivity index (χ3v) is 2.95. The van der Waals surface area contributed by atoms with Crippen molar-refractivity contribution in [2.24, 2.45) is 5.10 Å². The number of aromatic nitrogens is 1. The molecule has 0 radical (unpaired) electrons. The molecule has 0 aromatic carbocycles. The van der Waals surface area contributed by atoms with Crippen molar-refractivity contribution in [1.29, 1.82) is 0 Å². The Bertz CT molecular complexity index is 617. The zero-order valence-electron chi connectivity index (χ0n) is 9.75. The van der Waals surface area contributed by atoms with Gasteiger partial charge in [0.1, 0.15) is 5.03 Å². The average molecular weight is 363 g/mol. The SMILES string of the molecule is O=C(O)/C(Cl)=C(Cl)\C=N/Nc1ncc(C(F)(F)F)cc1Cl. The normalized spacial score (nSPS) is 13.2. The molecule has 1 aromatic heterocycles. The Kier molecular flexibility index (Phi) is 5.82. The van der Waals surface area contributed by atoms with Crippen molar-refractivity contribution in [3.8, 4) is 0 Å². The van der Waals surface area contributed by atoms with Gasteiger partial charge in [0.25, 0.3) is 0 Å². The van der Waals surface area contributed by atoms with Gasteiger partial charge in [-0.3, -0.25) is 5.43 Å². The summed E-state index contributed by atoms with van der Waals surface area (Å²) in [6.45, 7) is 0. The van der Waals surface area contributed by atoms with Crippen molar-refractivity contribution in [2.45, 2.75) is 6.18 Å². The molecule has 0 aliphatic carbocycles. The summed E-state index contributed by atoms with van der Waals surface area (Å²) in [7, 11) is 0. The van der Waals surface area contributed by atoms with Gasteiger partial charge in [-0.25, -0.2) is 9.78 Å². The summed E-state index contributed by atoms with van der Waals surface area (Å²) in [6, 6.07) is 0.661. The standard InChI is InChI=1S/C10H5Cl3F3N3O2/c11-5-1-4(10(14,15)16)2-17-8(5)19-18-3-6(12)7(13)9(20)21/h1-3H,(H,17,19)(H,20,21)/b7-6-,18-3-. The minimum Gasteiger partial charge on any atom is -0.477 e. The maximum Gasteiger partial charge on any atom is 0.417 e. The van der Waals surface area contributed by atoms with Gasteiger partial charge in [-0.1, -0.05) is 34.8 Å². The number of carboxylic acids is 1. The molecule has 0 atom stereocenters. The second-order valence-electron chi connectivity index (χ2n) is 3.39. The number of hydrogen-bond donors (Lipinski definition) is 2. The molecular weight excluding hydrogens is 357 g/mol. The number of aliphatic carboxylic acids is 1. The van der Waals surface area contributed by atoms with E-state index >= 15 is 0 Å². The molecule has 0 spiro atoms. The van der Waals surface area contributed by atoms with Gasteiger partial charge in [0.05, 0.1) is 21.8 Å². The summed E-state index contributed by atoms with van der Waals surface area (Å²) in [6.07, 6.45) is -3.17. The highest BCUT2D eigenvalue weighted by Crippen LogP contribution is 2.32. The van der Waals surface area contributed by atoms with Crippen LogP contribution in [-0.4, -0.2) is 22.3 Å². The number of rotatable bonds is 4. The van der Waals surface area contributed by atoms with E-state index in [0.29, 0.717) is 12.3 Å². The molecule has 0 unspecified atom stereocenters. The zero-order valence-corrected chi connectivity index (χ0v) is 12.0. The lowest BCUT2D eigenvalue weighted by Crippen LogP contribution is -2.06. The molecule has 0 aliphatic rings. The third kappa shape index (κ3) is 5.07. The first-order valence-electron chi connectivity index (χ1n) is 4.93. The van der Waals surface area contributed by atoms with E-state index in [2.05, 4.69) is 15.5 Å². The molecule has 0 saturated carbocycles. The van der Waals surface area contributed by atoms with Crippen LogP contribution >= 0.6 is 34.8 Å². The summed E-state index contributed by atoms with van der Waals surface area (Å²) in [5.41, 5.74) is 1.19. The quantitative estimate of drug-likeness (QED) is 0.483. The Labute approximate surface area is 131 Å². The van der Waals surface area contributed by atoms with E-state index in [0.717, 1.165) is 6.21 Å². The molecule has 1 aromatic rings. The number of nitrogens with zero attached hydrogens (tertiary/aromatic N) is 2. The second kappa shape index (κ2) is 6.97. The van der Waals surface area contributed by atoms with Crippen LogP contribution in [0.15, 0.2) is 27.4 Å². The Morgan fingerprint density at radius 3 is 2.52 bits per heavy atom. The summed E-state index contributed by atoms with van der Waals surface area (Å²) in [5.74, 6) is -1.63.